The van der Waals surface area contributed by atoms with Crippen LogP contribution in [0.4, 0.5) is 11.6 Å². The molecule has 4 N–H and O–H groups in total. The molecule has 5 rings (SSSR count). The maximum absolute atomic E-state index is 6.37. The van der Waals surface area contributed by atoms with Gasteiger partial charge in [0.05, 0.1) is 5.52 Å². The molecule has 0 aliphatic carbocycles. The molecule has 1 aromatic carbocycles. The van der Waals surface area contributed by atoms with Crippen LogP contribution >= 0.6 is 0 Å². The van der Waals surface area contributed by atoms with E-state index in [2.05, 4.69) is 27.0 Å². The van der Waals surface area contributed by atoms with Crippen LogP contribution in [0.2, 0.25) is 0 Å². The maximum Gasteiger partial charge on any atom is 0.269 e. The molecule has 0 radical (unpaired) electrons. The van der Waals surface area contributed by atoms with Crippen molar-refractivity contribution in [3.05, 3.63) is 42.9 Å². The van der Waals surface area contributed by atoms with Gasteiger partial charge in [-0.05, 0) is 31.9 Å². The van der Waals surface area contributed by atoms with Gasteiger partial charge < -0.3 is 20.8 Å². The van der Waals surface area contributed by atoms with E-state index < -0.39 is 0 Å². The van der Waals surface area contributed by atoms with Gasteiger partial charge in [-0.2, -0.15) is 0 Å². The van der Waals surface area contributed by atoms with Gasteiger partial charge >= 0.3 is 0 Å². The third kappa shape index (κ3) is 3.33. The fourth-order valence-electron chi connectivity index (χ4n) is 3.73. The number of anilines is 2. The van der Waals surface area contributed by atoms with Crippen LogP contribution < -0.4 is 16.4 Å². The average molecular weight is 402 g/mol. The number of nitrogens with zero attached hydrogens (tertiary/aromatic N) is 6. The zero-order chi connectivity index (χ0) is 20.7. The van der Waals surface area contributed by atoms with Gasteiger partial charge in [-0.1, -0.05) is 18.2 Å². The van der Waals surface area contributed by atoms with Gasteiger partial charge in [0.1, 0.15) is 5.69 Å². The molecule has 1 aliphatic heterocycles. The molecule has 0 unspecified atom stereocenters. The molecule has 1 fully saturated rings. The van der Waals surface area contributed by atoms with E-state index in [9.17, 15) is 0 Å². The van der Waals surface area contributed by atoms with Crippen molar-refractivity contribution in [2.24, 2.45) is 5.73 Å². The van der Waals surface area contributed by atoms with Gasteiger partial charge in [-0.3, -0.25) is 4.98 Å². The van der Waals surface area contributed by atoms with Gasteiger partial charge in [0, 0.05) is 35.8 Å². The molecule has 30 heavy (non-hydrogen) atoms. The summed E-state index contributed by atoms with van der Waals surface area (Å²) in [5.74, 6) is 1.28. The molecule has 9 heteroatoms. The molecular formula is C21H22N8O. The quantitative estimate of drug-likeness (QED) is 0.530. The third-order valence-corrected chi connectivity index (χ3v) is 5.55. The minimum atomic E-state index is -0.182. The van der Waals surface area contributed by atoms with Crippen LogP contribution in [0.3, 0.4) is 0 Å². The number of fused-ring (bicyclic) bond motifs is 1. The Morgan fingerprint density at radius 1 is 1.10 bits per heavy atom. The van der Waals surface area contributed by atoms with Crippen LogP contribution in [-0.4, -0.2) is 43.8 Å². The lowest BCUT2D eigenvalue weighted by Crippen LogP contribution is -2.48. The van der Waals surface area contributed by atoms with E-state index in [1.807, 2.05) is 30.3 Å². The molecule has 0 amide bonds. The van der Waals surface area contributed by atoms with Crippen molar-refractivity contribution < 1.29 is 4.42 Å². The number of nitrogen functional groups attached to an aromatic ring is 1. The number of aromatic nitrogens is 5. The summed E-state index contributed by atoms with van der Waals surface area (Å²) in [4.78, 5) is 16.1. The van der Waals surface area contributed by atoms with E-state index in [-0.39, 0.29) is 5.54 Å². The van der Waals surface area contributed by atoms with Crippen molar-refractivity contribution in [2.75, 3.05) is 23.7 Å². The summed E-state index contributed by atoms with van der Waals surface area (Å²) in [6.45, 7) is 3.57. The standard InChI is InChI=1S/C21H22N8O/c1-21(23)6-9-29(10-7-21)19-17(20-28-25-12-30-20)26-16(18(22)27-19)14-5-4-13-3-2-8-24-15(13)11-14/h2-5,8,11-12H,6-7,9-10,23H2,1H3,(H2,22,27). The molecule has 0 bridgehead atoms. The average Bonchev–Trinajstić information content (AvgIpc) is 3.28. The topological polar surface area (TPSA) is 133 Å². The highest BCUT2D eigenvalue weighted by Crippen LogP contribution is 2.35. The normalized spacial score (nSPS) is 16.1. The number of rotatable bonds is 3. The molecule has 0 atom stereocenters. The Labute approximate surface area is 173 Å². The molecule has 152 valence electrons. The lowest BCUT2D eigenvalue weighted by atomic mass is 9.91. The fourth-order valence-corrected chi connectivity index (χ4v) is 3.73. The van der Waals surface area contributed by atoms with Crippen molar-refractivity contribution in [1.29, 1.82) is 0 Å². The Balaban J connectivity index is 1.62. The number of benzene rings is 1. The minimum absolute atomic E-state index is 0.182. The van der Waals surface area contributed by atoms with E-state index in [0.717, 1.165) is 42.4 Å². The first kappa shape index (κ1) is 18.4. The zero-order valence-electron chi connectivity index (χ0n) is 16.6. The monoisotopic (exact) mass is 402 g/mol. The smallest absolute Gasteiger partial charge is 0.269 e. The first-order valence-electron chi connectivity index (χ1n) is 9.83. The van der Waals surface area contributed by atoms with Crippen LogP contribution in [0.1, 0.15) is 19.8 Å². The lowest BCUT2D eigenvalue weighted by molar-refractivity contribution is 0.363. The summed E-state index contributed by atoms with van der Waals surface area (Å²) >= 11 is 0. The first-order chi connectivity index (χ1) is 14.5. The fraction of sp³-hybridized carbons (Fsp3) is 0.286. The largest absolute Gasteiger partial charge is 0.422 e. The predicted octanol–water partition coefficient (Wildman–Crippen LogP) is 2.64. The number of hydrogen-bond acceptors (Lipinski definition) is 9. The molecular weight excluding hydrogens is 380 g/mol. The minimum Gasteiger partial charge on any atom is -0.422 e. The number of hydrogen-bond donors (Lipinski definition) is 2. The van der Waals surface area contributed by atoms with Crippen molar-refractivity contribution in [2.45, 2.75) is 25.3 Å². The summed E-state index contributed by atoms with van der Waals surface area (Å²) in [5, 5.41) is 8.91. The van der Waals surface area contributed by atoms with Gasteiger partial charge in [-0.25, -0.2) is 9.97 Å². The van der Waals surface area contributed by atoms with Crippen molar-refractivity contribution in [3.8, 4) is 22.8 Å². The first-order valence-corrected chi connectivity index (χ1v) is 9.83. The van der Waals surface area contributed by atoms with Crippen LogP contribution in [0, 0.1) is 0 Å². The van der Waals surface area contributed by atoms with Crippen molar-refractivity contribution in [3.63, 3.8) is 0 Å². The Kier molecular flexibility index (Phi) is 4.32. The van der Waals surface area contributed by atoms with Gasteiger partial charge in [0.2, 0.25) is 6.39 Å². The van der Waals surface area contributed by atoms with E-state index in [1.54, 1.807) is 6.20 Å². The summed E-state index contributed by atoms with van der Waals surface area (Å²) in [5.41, 5.74) is 15.2. The van der Waals surface area contributed by atoms with Gasteiger partial charge in [0.25, 0.3) is 5.89 Å². The van der Waals surface area contributed by atoms with E-state index >= 15 is 0 Å². The Hall–Kier alpha value is -3.59. The van der Waals surface area contributed by atoms with E-state index in [4.69, 9.17) is 25.9 Å². The Morgan fingerprint density at radius 3 is 2.70 bits per heavy atom. The second kappa shape index (κ2) is 7.03. The van der Waals surface area contributed by atoms with Crippen LogP contribution in [0.15, 0.2) is 47.3 Å². The van der Waals surface area contributed by atoms with E-state index in [0.29, 0.717) is 28.9 Å². The van der Waals surface area contributed by atoms with Crippen molar-refractivity contribution in [1.82, 2.24) is 25.1 Å². The molecule has 1 saturated heterocycles. The summed E-state index contributed by atoms with van der Waals surface area (Å²) in [7, 11) is 0. The predicted molar refractivity (Wildman–Crippen MR) is 115 cm³/mol. The number of nitrogens with two attached hydrogens (primary N) is 2. The highest BCUT2D eigenvalue weighted by molar-refractivity contribution is 5.86. The number of pyridine rings is 1. The Morgan fingerprint density at radius 2 is 1.93 bits per heavy atom. The molecule has 0 saturated carbocycles. The highest BCUT2D eigenvalue weighted by Gasteiger charge is 2.30. The van der Waals surface area contributed by atoms with Crippen LogP contribution in [0.5, 0.6) is 0 Å². The van der Waals surface area contributed by atoms with Crippen LogP contribution in [-0.2, 0) is 0 Å². The molecule has 1 aliphatic rings. The maximum atomic E-state index is 6.37. The SMILES string of the molecule is CC1(N)CCN(c2nc(N)c(-c3ccc4cccnc4c3)nc2-c2nnco2)CC1. The second-order valence-electron chi connectivity index (χ2n) is 7.93. The molecule has 9 nitrogen and oxygen atoms in total. The van der Waals surface area contributed by atoms with Crippen LogP contribution in [0.25, 0.3) is 33.7 Å². The third-order valence-electron chi connectivity index (χ3n) is 5.55. The summed E-state index contributed by atoms with van der Waals surface area (Å²) in [6.07, 6.45) is 4.73. The second-order valence-corrected chi connectivity index (χ2v) is 7.93. The summed E-state index contributed by atoms with van der Waals surface area (Å²) in [6, 6.07) is 9.82. The van der Waals surface area contributed by atoms with Gasteiger partial charge in [-0.15, -0.1) is 10.2 Å². The van der Waals surface area contributed by atoms with Gasteiger partial charge in [0.15, 0.2) is 17.3 Å². The summed E-state index contributed by atoms with van der Waals surface area (Å²) < 4.78 is 5.46. The van der Waals surface area contributed by atoms with E-state index in [1.165, 1.54) is 6.39 Å². The molecule has 4 heterocycles. The lowest BCUT2D eigenvalue weighted by Gasteiger charge is -2.37. The zero-order valence-corrected chi connectivity index (χ0v) is 16.6. The van der Waals surface area contributed by atoms with Crippen molar-refractivity contribution >= 4 is 22.5 Å². The highest BCUT2D eigenvalue weighted by atomic mass is 16.4. The number of piperidine rings is 1. The molecule has 3 aromatic heterocycles. The molecule has 0 spiro atoms. The Bertz CT molecular complexity index is 1200. The molecule has 4 aromatic rings.